The van der Waals surface area contributed by atoms with Crippen LogP contribution in [0.2, 0.25) is 0 Å². The molecule has 0 radical (unpaired) electrons. The second-order valence-electron chi connectivity index (χ2n) is 12.2. The SMILES string of the molecule is C=C(O)CC[C@@H](C)[C@H]1CC[C@H]2[C@@H]3[C@H](O)[C@H](CC)[C@@H]4C[C@H](O)CC[C@]4(C)[C@H]3CC[C@]12C. The first-order valence-electron chi connectivity index (χ1n) is 12.9. The van der Waals surface area contributed by atoms with Crippen molar-refractivity contribution in [3.63, 3.8) is 0 Å². The molecule has 172 valence electrons. The molecule has 0 aliphatic heterocycles. The van der Waals surface area contributed by atoms with Gasteiger partial charge >= 0.3 is 0 Å². The lowest BCUT2D eigenvalue weighted by Gasteiger charge is -2.64. The molecule has 4 aliphatic rings. The Hall–Kier alpha value is -0.540. The minimum atomic E-state index is -0.209. The van der Waals surface area contributed by atoms with E-state index in [-0.39, 0.29) is 17.6 Å². The summed E-state index contributed by atoms with van der Waals surface area (Å²) in [6.45, 7) is 13.4. The van der Waals surface area contributed by atoms with E-state index in [1.807, 2.05) is 0 Å². The van der Waals surface area contributed by atoms with E-state index in [9.17, 15) is 15.3 Å². The molecule has 0 amide bonds. The topological polar surface area (TPSA) is 60.7 Å². The maximum Gasteiger partial charge on any atom is 0.0851 e. The Bertz CT molecular complexity index is 646. The predicted octanol–water partition coefficient (Wildman–Crippen LogP) is 6.10. The van der Waals surface area contributed by atoms with Gasteiger partial charge in [0.05, 0.1) is 18.0 Å². The zero-order chi connectivity index (χ0) is 21.8. The van der Waals surface area contributed by atoms with Gasteiger partial charge in [-0.25, -0.2) is 0 Å². The van der Waals surface area contributed by atoms with Gasteiger partial charge in [0.1, 0.15) is 0 Å². The number of aliphatic hydroxyl groups is 3. The van der Waals surface area contributed by atoms with Gasteiger partial charge in [-0.2, -0.15) is 0 Å². The first-order chi connectivity index (χ1) is 14.1. The molecule has 3 nitrogen and oxygen atoms in total. The van der Waals surface area contributed by atoms with E-state index in [1.54, 1.807) is 0 Å². The van der Waals surface area contributed by atoms with Gasteiger partial charge in [-0.05, 0) is 104 Å². The molecule has 0 aromatic rings. The van der Waals surface area contributed by atoms with Crippen LogP contribution in [-0.4, -0.2) is 27.5 Å². The zero-order valence-electron chi connectivity index (χ0n) is 19.8. The standard InChI is InChI=1S/C27H46O3/c1-6-19-23-15-18(29)11-13-27(23,5)22-12-14-26(4)20(16(2)7-8-17(3)28)9-10-21(26)24(22)25(19)30/h16,18-25,28-30H,3,6-15H2,1-2,4-5H3/t16-,18-,19-,20-,21+,22+,23+,24+,25-,26-,27-/m1/s1. The second-order valence-corrected chi connectivity index (χ2v) is 12.2. The molecule has 3 N–H and O–H groups in total. The number of hydrogen-bond acceptors (Lipinski definition) is 3. The second kappa shape index (κ2) is 8.10. The fourth-order valence-corrected chi connectivity index (χ4v) is 9.53. The summed E-state index contributed by atoms with van der Waals surface area (Å²) >= 11 is 0. The number of aliphatic hydroxyl groups excluding tert-OH is 3. The molecule has 0 aromatic carbocycles. The number of rotatable bonds is 5. The highest BCUT2D eigenvalue weighted by Gasteiger charge is 2.64. The van der Waals surface area contributed by atoms with Gasteiger partial charge in [-0.1, -0.05) is 40.7 Å². The summed E-state index contributed by atoms with van der Waals surface area (Å²) in [5.41, 5.74) is 0.595. The van der Waals surface area contributed by atoms with Crippen LogP contribution in [0.3, 0.4) is 0 Å². The van der Waals surface area contributed by atoms with Crippen molar-refractivity contribution >= 4 is 0 Å². The Labute approximate surface area is 184 Å². The maximum atomic E-state index is 11.7. The minimum Gasteiger partial charge on any atom is -0.513 e. The van der Waals surface area contributed by atoms with Crippen LogP contribution in [0.5, 0.6) is 0 Å². The molecule has 3 heteroatoms. The van der Waals surface area contributed by atoms with Crippen LogP contribution in [0.15, 0.2) is 12.3 Å². The van der Waals surface area contributed by atoms with Gasteiger partial charge in [0.2, 0.25) is 0 Å². The number of hydrogen-bond donors (Lipinski definition) is 3. The quantitative estimate of drug-likeness (QED) is 0.473. The molecule has 11 atom stereocenters. The maximum absolute atomic E-state index is 11.7. The summed E-state index contributed by atoms with van der Waals surface area (Å²) in [5.74, 6) is 4.06. The Balaban J connectivity index is 1.61. The van der Waals surface area contributed by atoms with Crippen molar-refractivity contribution in [1.29, 1.82) is 0 Å². The van der Waals surface area contributed by atoms with Gasteiger partial charge in [-0.3, -0.25) is 0 Å². The lowest BCUT2D eigenvalue weighted by Crippen LogP contribution is -2.62. The predicted molar refractivity (Wildman–Crippen MR) is 122 cm³/mol. The van der Waals surface area contributed by atoms with Crippen molar-refractivity contribution in [2.75, 3.05) is 0 Å². The van der Waals surface area contributed by atoms with Crippen LogP contribution in [0.1, 0.15) is 91.9 Å². The van der Waals surface area contributed by atoms with E-state index in [2.05, 4.69) is 34.3 Å². The molecule has 0 unspecified atom stereocenters. The lowest BCUT2D eigenvalue weighted by atomic mass is 9.41. The molecule has 0 aromatic heterocycles. The zero-order valence-corrected chi connectivity index (χ0v) is 19.8. The van der Waals surface area contributed by atoms with Crippen LogP contribution in [0.25, 0.3) is 0 Å². The smallest absolute Gasteiger partial charge is 0.0851 e. The minimum absolute atomic E-state index is 0.173. The van der Waals surface area contributed by atoms with Crippen LogP contribution in [-0.2, 0) is 0 Å². The van der Waals surface area contributed by atoms with Crippen LogP contribution in [0.4, 0.5) is 0 Å². The van der Waals surface area contributed by atoms with E-state index < -0.39 is 0 Å². The normalized spacial score (nSPS) is 51.5. The third kappa shape index (κ3) is 3.38. The highest BCUT2D eigenvalue weighted by atomic mass is 16.3. The summed E-state index contributed by atoms with van der Waals surface area (Å²) in [7, 11) is 0. The average Bonchev–Trinajstić information content (AvgIpc) is 3.05. The molecule has 4 aliphatic carbocycles. The van der Waals surface area contributed by atoms with E-state index in [1.165, 1.54) is 25.7 Å². The van der Waals surface area contributed by atoms with E-state index in [0.717, 1.165) is 32.1 Å². The fraction of sp³-hybridized carbons (Fsp3) is 0.926. The number of allylic oxidation sites excluding steroid dienone is 1. The molecule has 4 saturated carbocycles. The summed E-state index contributed by atoms with van der Waals surface area (Å²) in [6.07, 6.45) is 10.4. The van der Waals surface area contributed by atoms with Gasteiger partial charge in [0.15, 0.2) is 0 Å². The summed E-state index contributed by atoms with van der Waals surface area (Å²) in [4.78, 5) is 0. The van der Waals surface area contributed by atoms with Crippen molar-refractivity contribution in [2.24, 2.45) is 52.3 Å². The third-order valence-corrected chi connectivity index (χ3v) is 11.0. The average molecular weight is 419 g/mol. The third-order valence-electron chi connectivity index (χ3n) is 11.0. The molecule has 0 bridgehead atoms. The molecular formula is C27H46O3. The highest BCUT2D eigenvalue weighted by Crippen LogP contribution is 2.69. The van der Waals surface area contributed by atoms with E-state index in [0.29, 0.717) is 59.0 Å². The molecule has 0 heterocycles. The highest BCUT2D eigenvalue weighted by molar-refractivity contribution is 5.13. The van der Waals surface area contributed by atoms with Crippen molar-refractivity contribution in [1.82, 2.24) is 0 Å². The molecule has 0 spiro atoms. The van der Waals surface area contributed by atoms with Gasteiger partial charge in [0, 0.05) is 6.42 Å². The fourth-order valence-electron chi connectivity index (χ4n) is 9.53. The largest absolute Gasteiger partial charge is 0.513 e. The van der Waals surface area contributed by atoms with Crippen molar-refractivity contribution in [2.45, 2.75) is 104 Å². The Morgan fingerprint density at radius 3 is 2.33 bits per heavy atom. The Kier molecular flexibility index (Phi) is 6.12. The molecular weight excluding hydrogens is 372 g/mol. The molecule has 30 heavy (non-hydrogen) atoms. The molecule has 0 saturated heterocycles. The van der Waals surface area contributed by atoms with Crippen LogP contribution < -0.4 is 0 Å². The summed E-state index contributed by atoms with van der Waals surface area (Å²) < 4.78 is 0. The molecule has 4 fully saturated rings. The Morgan fingerprint density at radius 2 is 1.67 bits per heavy atom. The Morgan fingerprint density at radius 1 is 1.00 bits per heavy atom. The lowest BCUT2D eigenvalue weighted by molar-refractivity contribution is -0.203. The summed E-state index contributed by atoms with van der Waals surface area (Å²) in [6, 6.07) is 0. The van der Waals surface area contributed by atoms with E-state index in [4.69, 9.17) is 0 Å². The first kappa shape index (κ1) is 22.6. The first-order valence-corrected chi connectivity index (χ1v) is 12.9. The number of fused-ring (bicyclic) bond motifs is 5. The monoisotopic (exact) mass is 418 g/mol. The summed E-state index contributed by atoms with van der Waals surface area (Å²) in [5, 5.41) is 31.8. The van der Waals surface area contributed by atoms with Gasteiger partial charge in [-0.15, -0.1) is 0 Å². The van der Waals surface area contributed by atoms with Crippen molar-refractivity contribution in [3.8, 4) is 0 Å². The van der Waals surface area contributed by atoms with Gasteiger partial charge in [0.25, 0.3) is 0 Å². The molecule has 4 rings (SSSR count). The van der Waals surface area contributed by atoms with Crippen LogP contribution >= 0.6 is 0 Å². The van der Waals surface area contributed by atoms with Crippen LogP contribution in [0, 0.1) is 52.3 Å². The van der Waals surface area contributed by atoms with E-state index >= 15 is 0 Å². The van der Waals surface area contributed by atoms with Gasteiger partial charge < -0.3 is 15.3 Å². The van der Waals surface area contributed by atoms with Crippen molar-refractivity contribution < 1.29 is 15.3 Å². The van der Waals surface area contributed by atoms with Crippen molar-refractivity contribution in [3.05, 3.63) is 12.3 Å².